The van der Waals surface area contributed by atoms with E-state index in [-0.39, 0.29) is 11.9 Å². The van der Waals surface area contributed by atoms with E-state index in [1.807, 2.05) is 38.5 Å². The Morgan fingerprint density at radius 3 is 2.67 bits per heavy atom. The van der Waals surface area contributed by atoms with Crippen molar-refractivity contribution in [2.75, 3.05) is 5.73 Å². The molecule has 1 atom stereocenters. The number of halogens is 1. The molecule has 0 saturated heterocycles. The maximum atomic E-state index is 13.9. The zero-order valence-electron chi connectivity index (χ0n) is 15.6. The quantitative estimate of drug-likeness (QED) is 0.596. The second-order valence-corrected chi connectivity index (χ2v) is 5.75. The Balaban J connectivity index is 0.00000102. The van der Waals surface area contributed by atoms with E-state index in [0.717, 1.165) is 16.6 Å². The number of hydrogen-bond donors (Lipinski definition) is 1. The van der Waals surface area contributed by atoms with Crippen LogP contribution in [0.15, 0.2) is 37.1 Å². The summed E-state index contributed by atoms with van der Waals surface area (Å²) in [6, 6.07) is 2.68. The third-order valence-corrected chi connectivity index (χ3v) is 4.14. The van der Waals surface area contributed by atoms with Crippen LogP contribution < -0.4 is 5.73 Å². The number of rotatable bonds is 3. The maximum absolute atomic E-state index is 13.9. The molecule has 0 aliphatic heterocycles. The zero-order valence-corrected chi connectivity index (χ0v) is 15.6. The van der Waals surface area contributed by atoms with Crippen LogP contribution in [-0.2, 0) is 0 Å². The normalized spacial score (nSPS) is 11.9. The summed E-state index contributed by atoms with van der Waals surface area (Å²) in [5, 5.41) is 8.97. The SMILES string of the molecule is CC.Cc1cn(C(C)c2cn(-c3ncccc3F)nn2)c2ncnc(N)c12. The summed E-state index contributed by atoms with van der Waals surface area (Å²) >= 11 is 0. The van der Waals surface area contributed by atoms with Crippen LogP contribution in [0.4, 0.5) is 10.2 Å². The van der Waals surface area contributed by atoms with Crippen LogP contribution in [0.1, 0.15) is 38.1 Å². The summed E-state index contributed by atoms with van der Waals surface area (Å²) in [7, 11) is 0. The summed E-state index contributed by atoms with van der Waals surface area (Å²) in [5.74, 6) is 0.0793. The Hall–Kier alpha value is -3.36. The second-order valence-electron chi connectivity index (χ2n) is 5.75. The number of aryl methyl sites for hydroxylation is 1. The highest BCUT2D eigenvalue weighted by molar-refractivity contribution is 5.89. The van der Waals surface area contributed by atoms with Crippen LogP contribution in [0, 0.1) is 12.7 Å². The molecule has 1 unspecified atom stereocenters. The zero-order chi connectivity index (χ0) is 19.6. The van der Waals surface area contributed by atoms with Gasteiger partial charge in [-0.05, 0) is 31.5 Å². The van der Waals surface area contributed by atoms with Gasteiger partial charge < -0.3 is 10.3 Å². The van der Waals surface area contributed by atoms with Crippen LogP contribution in [0.2, 0.25) is 0 Å². The molecule has 4 heterocycles. The lowest BCUT2D eigenvalue weighted by atomic mass is 10.2. The summed E-state index contributed by atoms with van der Waals surface area (Å²) in [5.41, 5.74) is 8.31. The number of fused-ring (bicyclic) bond motifs is 1. The van der Waals surface area contributed by atoms with E-state index in [1.165, 1.54) is 29.3 Å². The fourth-order valence-corrected chi connectivity index (χ4v) is 2.85. The van der Waals surface area contributed by atoms with E-state index in [9.17, 15) is 4.39 Å². The predicted molar refractivity (Wildman–Crippen MR) is 101 cm³/mol. The average Bonchev–Trinajstić information content (AvgIpc) is 3.29. The van der Waals surface area contributed by atoms with Crippen molar-refractivity contribution in [1.29, 1.82) is 0 Å². The number of hydrogen-bond acceptors (Lipinski definition) is 6. The Kier molecular flexibility index (Phi) is 5.11. The van der Waals surface area contributed by atoms with E-state index < -0.39 is 5.82 Å². The highest BCUT2D eigenvalue weighted by Crippen LogP contribution is 2.28. The van der Waals surface area contributed by atoms with Crippen molar-refractivity contribution in [2.24, 2.45) is 0 Å². The lowest BCUT2D eigenvalue weighted by Gasteiger charge is -2.11. The Labute approximate surface area is 155 Å². The van der Waals surface area contributed by atoms with Crippen LogP contribution in [0.3, 0.4) is 0 Å². The first-order valence-corrected chi connectivity index (χ1v) is 8.67. The van der Waals surface area contributed by atoms with Gasteiger partial charge in [-0.3, -0.25) is 0 Å². The molecule has 0 fully saturated rings. The highest BCUT2D eigenvalue weighted by Gasteiger charge is 2.19. The largest absolute Gasteiger partial charge is 0.383 e. The molecule has 4 rings (SSSR count). The fraction of sp³-hybridized carbons (Fsp3) is 0.278. The van der Waals surface area contributed by atoms with Gasteiger partial charge in [0.2, 0.25) is 0 Å². The van der Waals surface area contributed by atoms with Gasteiger partial charge in [-0.15, -0.1) is 5.10 Å². The summed E-state index contributed by atoms with van der Waals surface area (Å²) in [6.45, 7) is 7.91. The maximum Gasteiger partial charge on any atom is 0.191 e. The number of aromatic nitrogens is 7. The lowest BCUT2D eigenvalue weighted by molar-refractivity contribution is 0.596. The second kappa shape index (κ2) is 7.48. The first-order chi connectivity index (χ1) is 13.1. The molecule has 0 saturated carbocycles. The van der Waals surface area contributed by atoms with E-state index in [4.69, 9.17) is 5.73 Å². The fourth-order valence-electron chi connectivity index (χ4n) is 2.85. The molecule has 4 aromatic heterocycles. The molecule has 4 aromatic rings. The van der Waals surface area contributed by atoms with Crippen LogP contribution in [0.25, 0.3) is 16.9 Å². The summed E-state index contributed by atoms with van der Waals surface area (Å²) in [4.78, 5) is 12.4. The number of pyridine rings is 1. The van der Waals surface area contributed by atoms with E-state index >= 15 is 0 Å². The third kappa shape index (κ3) is 3.23. The van der Waals surface area contributed by atoms with Crippen molar-refractivity contribution in [2.45, 2.75) is 33.7 Å². The van der Waals surface area contributed by atoms with E-state index in [2.05, 4.69) is 25.3 Å². The molecule has 0 bridgehead atoms. The molecule has 0 amide bonds. The van der Waals surface area contributed by atoms with Crippen molar-refractivity contribution in [3.8, 4) is 5.82 Å². The predicted octanol–water partition coefficient (Wildman–Crippen LogP) is 3.07. The smallest absolute Gasteiger partial charge is 0.191 e. The topological polar surface area (TPSA) is 100 Å². The van der Waals surface area contributed by atoms with Crippen LogP contribution >= 0.6 is 0 Å². The van der Waals surface area contributed by atoms with Crippen molar-refractivity contribution >= 4 is 16.9 Å². The van der Waals surface area contributed by atoms with Crippen LogP contribution in [0.5, 0.6) is 0 Å². The van der Waals surface area contributed by atoms with Crippen LogP contribution in [-0.4, -0.2) is 34.5 Å². The summed E-state index contributed by atoms with van der Waals surface area (Å²) < 4.78 is 17.2. The van der Waals surface area contributed by atoms with E-state index in [0.29, 0.717) is 11.5 Å². The van der Waals surface area contributed by atoms with E-state index in [1.54, 1.807) is 6.20 Å². The molecule has 8 nitrogen and oxygen atoms in total. The molecule has 9 heteroatoms. The van der Waals surface area contributed by atoms with Gasteiger partial charge in [0.25, 0.3) is 0 Å². The van der Waals surface area contributed by atoms with Gasteiger partial charge in [-0.2, -0.15) is 4.68 Å². The number of anilines is 1. The van der Waals surface area contributed by atoms with Gasteiger partial charge in [0, 0.05) is 12.4 Å². The molecule has 0 aromatic carbocycles. The van der Waals surface area contributed by atoms with Crippen molar-refractivity contribution in [1.82, 2.24) is 34.5 Å². The first-order valence-electron chi connectivity index (χ1n) is 8.67. The Morgan fingerprint density at radius 2 is 1.93 bits per heavy atom. The monoisotopic (exact) mass is 368 g/mol. The van der Waals surface area contributed by atoms with Crippen molar-refractivity contribution in [3.05, 3.63) is 54.1 Å². The average molecular weight is 368 g/mol. The third-order valence-electron chi connectivity index (χ3n) is 4.14. The molecule has 0 spiro atoms. The molecule has 0 aliphatic rings. The minimum absolute atomic E-state index is 0.105. The van der Waals surface area contributed by atoms with Gasteiger partial charge in [-0.1, -0.05) is 19.1 Å². The van der Waals surface area contributed by atoms with Gasteiger partial charge in [0.15, 0.2) is 11.6 Å². The van der Waals surface area contributed by atoms with Gasteiger partial charge in [0.05, 0.1) is 17.6 Å². The number of nitrogens with two attached hydrogens (primary N) is 1. The molecular weight excluding hydrogens is 347 g/mol. The van der Waals surface area contributed by atoms with Gasteiger partial charge in [-0.25, -0.2) is 19.3 Å². The molecule has 0 aliphatic carbocycles. The lowest BCUT2D eigenvalue weighted by Crippen LogP contribution is -2.07. The Bertz CT molecular complexity index is 1070. The first kappa shape index (κ1) is 18.4. The highest BCUT2D eigenvalue weighted by atomic mass is 19.1. The molecule has 0 radical (unpaired) electrons. The molecule has 2 N–H and O–H groups in total. The minimum atomic E-state index is -0.464. The van der Waals surface area contributed by atoms with Crippen molar-refractivity contribution < 1.29 is 4.39 Å². The number of nitrogen functional groups attached to an aromatic ring is 1. The summed E-state index contributed by atoms with van der Waals surface area (Å²) in [6.07, 6.45) is 6.54. The van der Waals surface area contributed by atoms with Gasteiger partial charge >= 0.3 is 0 Å². The number of nitrogens with zero attached hydrogens (tertiary/aromatic N) is 7. The molecule has 27 heavy (non-hydrogen) atoms. The molecular formula is C18H21FN8. The standard InChI is InChI=1S/C16H15FN8.C2H6/c1-9-6-24(16-13(9)14(18)20-8-21-16)10(2)12-7-25(23-22-12)15-11(17)4-3-5-19-15;1-2/h3-8,10H,1-2H3,(H2,18,20,21);1-2H3. The Morgan fingerprint density at radius 1 is 1.15 bits per heavy atom. The van der Waals surface area contributed by atoms with Crippen molar-refractivity contribution in [3.63, 3.8) is 0 Å². The molecule has 140 valence electrons. The minimum Gasteiger partial charge on any atom is -0.383 e. The van der Waals surface area contributed by atoms with Gasteiger partial charge in [0.1, 0.15) is 23.5 Å².